The molecule has 0 atom stereocenters. The zero-order chi connectivity index (χ0) is 19.2. The molecule has 0 aliphatic heterocycles. The molecular formula is C20H29N3O4. The van der Waals surface area contributed by atoms with Crippen molar-refractivity contribution >= 4 is 5.96 Å². The van der Waals surface area contributed by atoms with E-state index in [0.717, 1.165) is 49.1 Å². The largest absolute Gasteiger partial charge is 0.497 e. The van der Waals surface area contributed by atoms with Crippen molar-refractivity contribution in [3.8, 4) is 11.5 Å². The van der Waals surface area contributed by atoms with E-state index in [9.17, 15) is 0 Å². The monoisotopic (exact) mass is 375 g/mol. The van der Waals surface area contributed by atoms with Crippen LogP contribution in [0.4, 0.5) is 0 Å². The second-order valence-corrected chi connectivity index (χ2v) is 5.79. The van der Waals surface area contributed by atoms with E-state index in [1.54, 1.807) is 20.4 Å². The number of hydrogen-bond donors (Lipinski definition) is 2. The Kier molecular flexibility index (Phi) is 9.67. The minimum absolute atomic E-state index is 0.507. The number of rotatable bonds is 12. The van der Waals surface area contributed by atoms with Crippen LogP contribution in [0.15, 0.2) is 52.1 Å². The summed E-state index contributed by atoms with van der Waals surface area (Å²) in [7, 11) is 3.41. The van der Waals surface area contributed by atoms with E-state index in [-0.39, 0.29) is 0 Å². The molecule has 0 radical (unpaired) electrons. The Balaban J connectivity index is 1.48. The zero-order valence-electron chi connectivity index (χ0n) is 16.1. The molecular weight excluding hydrogens is 346 g/mol. The summed E-state index contributed by atoms with van der Waals surface area (Å²) in [6, 6.07) is 11.4. The van der Waals surface area contributed by atoms with Crippen LogP contribution in [0, 0.1) is 0 Å². The lowest BCUT2D eigenvalue weighted by Gasteiger charge is -2.12. The molecule has 0 saturated carbocycles. The number of guanidine groups is 1. The molecule has 0 saturated heterocycles. The lowest BCUT2D eigenvalue weighted by atomic mass is 10.3. The summed E-state index contributed by atoms with van der Waals surface area (Å²) >= 11 is 0. The number of aliphatic imine (C=N–C) groups is 1. The molecule has 0 aliphatic rings. The first-order valence-corrected chi connectivity index (χ1v) is 9.13. The Hall–Kier alpha value is -2.67. The van der Waals surface area contributed by atoms with Gasteiger partial charge in [-0.3, -0.25) is 4.99 Å². The van der Waals surface area contributed by atoms with Gasteiger partial charge in [0, 0.05) is 32.8 Å². The first-order valence-electron chi connectivity index (χ1n) is 9.13. The van der Waals surface area contributed by atoms with Gasteiger partial charge in [-0.25, -0.2) is 0 Å². The molecule has 2 rings (SSSR count). The summed E-state index contributed by atoms with van der Waals surface area (Å²) in [5.41, 5.74) is 0. The van der Waals surface area contributed by atoms with E-state index in [2.05, 4.69) is 15.6 Å². The molecule has 2 N–H and O–H groups in total. The normalized spacial score (nSPS) is 11.3. The lowest BCUT2D eigenvalue weighted by Crippen LogP contribution is -2.38. The highest BCUT2D eigenvalue weighted by Crippen LogP contribution is 2.18. The molecule has 0 amide bonds. The molecule has 1 heterocycles. The number of ether oxygens (including phenoxy) is 3. The minimum atomic E-state index is 0.507. The molecule has 0 bridgehead atoms. The maximum atomic E-state index is 5.72. The third kappa shape index (κ3) is 8.50. The summed E-state index contributed by atoms with van der Waals surface area (Å²) in [6.45, 7) is 3.36. The molecule has 0 unspecified atom stereocenters. The molecule has 27 heavy (non-hydrogen) atoms. The molecule has 1 aromatic carbocycles. The third-order valence-corrected chi connectivity index (χ3v) is 3.73. The van der Waals surface area contributed by atoms with Crippen LogP contribution in [0.1, 0.15) is 18.6 Å². The van der Waals surface area contributed by atoms with Crippen molar-refractivity contribution in [1.82, 2.24) is 10.6 Å². The smallest absolute Gasteiger partial charge is 0.190 e. The Bertz CT molecular complexity index is 659. The van der Waals surface area contributed by atoms with Gasteiger partial charge in [-0.05, 0) is 37.1 Å². The summed E-state index contributed by atoms with van der Waals surface area (Å²) in [4.78, 5) is 4.21. The van der Waals surface area contributed by atoms with Crippen LogP contribution < -0.4 is 20.1 Å². The van der Waals surface area contributed by atoms with E-state index in [1.165, 1.54) is 0 Å². The highest BCUT2D eigenvalue weighted by Gasteiger charge is 2.00. The number of methoxy groups -OCH3 is 1. The number of benzene rings is 1. The quantitative estimate of drug-likeness (QED) is 0.337. The highest BCUT2D eigenvalue weighted by atomic mass is 16.5. The SMILES string of the molecule is CN=C(NCCCOCc1ccco1)NCCCOc1cccc(OC)c1. The molecule has 2 aromatic rings. The molecule has 1 aromatic heterocycles. The number of nitrogens with one attached hydrogen (secondary N) is 2. The standard InChI is InChI=1S/C20H29N3O4/c1-21-20(22-10-5-12-25-16-19-9-4-13-27-19)23-11-6-14-26-18-8-3-7-17(15-18)24-2/h3-4,7-9,13,15H,5-6,10-12,14,16H2,1-2H3,(H2,21,22,23). The van der Waals surface area contributed by atoms with E-state index in [1.807, 2.05) is 36.4 Å². The van der Waals surface area contributed by atoms with Crippen molar-refractivity contribution in [2.45, 2.75) is 19.4 Å². The third-order valence-electron chi connectivity index (χ3n) is 3.73. The topological polar surface area (TPSA) is 77.3 Å². The predicted octanol–water partition coefficient (Wildman–Crippen LogP) is 2.83. The van der Waals surface area contributed by atoms with Crippen LogP contribution in [-0.4, -0.2) is 46.4 Å². The van der Waals surface area contributed by atoms with Gasteiger partial charge in [-0.15, -0.1) is 0 Å². The Morgan fingerprint density at radius 2 is 1.81 bits per heavy atom. The fraction of sp³-hybridized carbons (Fsp3) is 0.450. The van der Waals surface area contributed by atoms with Gasteiger partial charge in [0.25, 0.3) is 0 Å². The molecule has 7 heteroatoms. The van der Waals surface area contributed by atoms with Gasteiger partial charge in [0.15, 0.2) is 5.96 Å². The van der Waals surface area contributed by atoms with Gasteiger partial charge >= 0.3 is 0 Å². The first kappa shape index (κ1) is 20.6. The van der Waals surface area contributed by atoms with Gasteiger partial charge in [0.05, 0.1) is 20.0 Å². The highest BCUT2D eigenvalue weighted by molar-refractivity contribution is 5.79. The molecule has 0 spiro atoms. The maximum Gasteiger partial charge on any atom is 0.190 e. The summed E-state index contributed by atoms with van der Waals surface area (Å²) in [6.07, 6.45) is 3.40. The molecule has 0 fully saturated rings. The van der Waals surface area contributed by atoms with Gasteiger partial charge in [-0.2, -0.15) is 0 Å². The number of nitrogens with zero attached hydrogens (tertiary/aromatic N) is 1. The van der Waals surface area contributed by atoms with Crippen LogP contribution in [0.5, 0.6) is 11.5 Å². The van der Waals surface area contributed by atoms with Crippen molar-refractivity contribution in [3.05, 3.63) is 48.4 Å². The summed E-state index contributed by atoms with van der Waals surface area (Å²) in [5.74, 6) is 3.23. The van der Waals surface area contributed by atoms with E-state index < -0.39 is 0 Å². The van der Waals surface area contributed by atoms with Crippen LogP contribution in [0.2, 0.25) is 0 Å². The predicted molar refractivity (Wildman–Crippen MR) is 105 cm³/mol. The van der Waals surface area contributed by atoms with Gasteiger partial charge in [0.1, 0.15) is 23.9 Å². The summed E-state index contributed by atoms with van der Waals surface area (Å²) in [5, 5.41) is 6.53. The summed E-state index contributed by atoms with van der Waals surface area (Å²) < 4.78 is 21.7. The molecule has 148 valence electrons. The van der Waals surface area contributed by atoms with Crippen LogP contribution in [0.25, 0.3) is 0 Å². The Morgan fingerprint density at radius 3 is 2.52 bits per heavy atom. The maximum absolute atomic E-state index is 5.72. The van der Waals surface area contributed by atoms with Crippen molar-refractivity contribution in [3.63, 3.8) is 0 Å². The second kappa shape index (κ2) is 12.6. The Labute approximate surface area is 160 Å². The minimum Gasteiger partial charge on any atom is -0.497 e. The van der Waals surface area contributed by atoms with Gasteiger partial charge in [0.2, 0.25) is 0 Å². The van der Waals surface area contributed by atoms with Gasteiger partial charge < -0.3 is 29.3 Å². The molecule has 7 nitrogen and oxygen atoms in total. The first-order chi connectivity index (χ1) is 13.3. The fourth-order valence-electron chi connectivity index (χ4n) is 2.33. The van der Waals surface area contributed by atoms with Crippen molar-refractivity contribution in [2.75, 3.05) is 40.5 Å². The van der Waals surface area contributed by atoms with Gasteiger partial charge in [-0.1, -0.05) is 6.07 Å². The van der Waals surface area contributed by atoms with E-state index in [4.69, 9.17) is 18.6 Å². The number of furan rings is 1. The zero-order valence-corrected chi connectivity index (χ0v) is 16.1. The van der Waals surface area contributed by atoms with Crippen molar-refractivity contribution < 1.29 is 18.6 Å². The number of hydrogen-bond acceptors (Lipinski definition) is 5. The van der Waals surface area contributed by atoms with Crippen molar-refractivity contribution in [2.24, 2.45) is 4.99 Å². The van der Waals surface area contributed by atoms with Crippen molar-refractivity contribution in [1.29, 1.82) is 0 Å². The molecule has 0 aliphatic carbocycles. The Morgan fingerprint density at radius 1 is 1.04 bits per heavy atom. The second-order valence-electron chi connectivity index (χ2n) is 5.79. The fourth-order valence-corrected chi connectivity index (χ4v) is 2.33. The van der Waals surface area contributed by atoms with Crippen LogP contribution in [0.3, 0.4) is 0 Å². The average molecular weight is 375 g/mol. The average Bonchev–Trinajstić information content (AvgIpc) is 3.22. The van der Waals surface area contributed by atoms with E-state index in [0.29, 0.717) is 19.8 Å². The van der Waals surface area contributed by atoms with Crippen LogP contribution in [-0.2, 0) is 11.3 Å². The lowest BCUT2D eigenvalue weighted by molar-refractivity contribution is 0.105. The van der Waals surface area contributed by atoms with Crippen LogP contribution >= 0.6 is 0 Å². The van der Waals surface area contributed by atoms with E-state index >= 15 is 0 Å².